The van der Waals surface area contributed by atoms with Crippen LogP contribution < -0.4 is 4.74 Å². The number of aliphatic hydroxyl groups is 1. The number of aliphatic hydroxyl groups excluding tert-OH is 1. The highest BCUT2D eigenvalue weighted by Gasteiger charge is 2.40. The van der Waals surface area contributed by atoms with Crippen molar-refractivity contribution >= 4 is 32.3 Å². The van der Waals surface area contributed by atoms with Crippen LogP contribution in [0.3, 0.4) is 0 Å². The van der Waals surface area contributed by atoms with Crippen LogP contribution in [0.15, 0.2) is 40.6 Å². The number of hydrogen-bond donors (Lipinski definition) is 1. The molecule has 1 aliphatic rings. The molecule has 0 unspecified atom stereocenters. The zero-order chi connectivity index (χ0) is 20.6. The quantitative estimate of drug-likeness (QED) is 0.617. The topological polar surface area (TPSA) is 84.7 Å². The van der Waals surface area contributed by atoms with E-state index in [0.29, 0.717) is 35.4 Å². The number of hydrogen-bond acceptors (Lipinski definition) is 6. The van der Waals surface area contributed by atoms with Crippen LogP contribution in [0, 0.1) is 5.92 Å². The largest absolute Gasteiger partial charge is 0.484 e. The van der Waals surface area contributed by atoms with Crippen molar-refractivity contribution in [2.75, 3.05) is 26.3 Å². The van der Waals surface area contributed by atoms with Gasteiger partial charge in [-0.05, 0) is 31.0 Å². The van der Waals surface area contributed by atoms with Crippen molar-refractivity contribution in [2.45, 2.75) is 30.5 Å². The molecule has 0 aliphatic carbocycles. The molecule has 0 spiro atoms. The summed E-state index contributed by atoms with van der Waals surface area (Å²) in [6.07, 6.45) is 0.478. The number of aromatic nitrogens is 2. The Morgan fingerprint density at radius 2 is 2.03 bits per heavy atom. The van der Waals surface area contributed by atoms with E-state index in [1.54, 1.807) is 16.4 Å². The highest BCUT2D eigenvalue weighted by atomic mass is 32.2. The molecule has 7 nitrogen and oxygen atoms in total. The van der Waals surface area contributed by atoms with E-state index in [1.807, 2.05) is 35.9 Å². The van der Waals surface area contributed by atoms with Gasteiger partial charge in [-0.25, -0.2) is 8.42 Å². The highest BCUT2D eigenvalue weighted by Crippen LogP contribution is 2.37. The molecule has 1 saturated heterocycles. The van der Waals surface area contributed by atoms with Crippen LogP contribution in [0.25, 0.3) is 10.9 Å². The van der Waals surface area contributed by atoms with Crippen molar-refractivity contribution in [1.82, 2.24) is 14.1 Å². The van der Waals surface area contributed by atoms with Gasteiger partial charge >= 0.3 is 0 Å². The standard InChI is InChI=1S/C20H25N3O4S2/c1-3-27-19-8-9-20(28-19)29(25,26)22-12-14(2)18(13-22)23-17-7-5-4-6-15(17)16(21-23)10-11-24/h4-9,14,18,24H,3,10-13H2,1-2H3/t14-,18+/m1/s1. The molecule has 156 valence electrons. The molecule has 29 heavy (non-hydrogen) atoms. The van der Waals surface area contributed by atoms with Crippen LogP contribution in [0.5, 0.6) is 5.06 Å². The van der Waals surface area contributed by atoms with Crippen LogP contribution in [-0.2, 0) is 16.4 Å². The Morgan fingerprint density at radius 1 is 1.24 bits per heavy atom. The number of rotatable bonds is 7. The Morgan fingerprint density at radius 3 is 2.79 bits per heavy atom. The number of thiophene rings is 1. The van der Waals surface area contributed by atoms with E-state index < -0.39 is 10.0 Å². The second-order valence-corrected chi connectivity index (χ2v) is 10.5. The molecule has 3 aromatic rings. The first-order valence-electron chi connectivity index (χ1n) is 9.75. The summed E-state index contributed by atoms with van der Waals surface area (Å²) in [5, 5.41) is 15.7. The molecule has 9 heteroatoms. The van der Waals surface area contributed by atoms with Gasteiger partial charge in [0.2, 0.25) is 0 Å². The number of ether oxygens (including phenoxy) is 1. The molecule has 0 radical (unpaired) electrons. The fourth-order valence-corrected chi connectivity index (χ4v) is 6.81. The van der Waals surface area contributed by atoms with E-state index in [-0.39, 0.29) is 18.6 Å². The number of benzene rings is 1. The lowest BCUT2D eigenvalue weighted by Crippen LogP contribution is -2.29. The monoisotopic (exact) mass is 435 g/mol. The second kappa shape index (κ2) is 8.06. The average molecular weight is 436 g/mol. The van der Waals surface area contributed by atoms with E-state index >= 15 is 0 Å². The summed E-state index contributed by atoms with van der Waals surface area (Å²) in [5.41, 5.74) is 1.82. The van der Waals surface area contributed by atoms with Crippen molar-refractivity contribution in [1.29, 1.82) is 0 Å². The number of para-hydroxylation sites is 1. The van der Waals surface area contributed by atoms with E-state index in [0.717, 1.165) is 27.9 Å². The lowest BCUT2D eigenvalue weighted by molar-refractivity contribution is 0.297. The summed E-state index contributed by atoms with van der Waals surface area (Å²) >= 11 is 1.16. The maximum Gasteiger partial charge on any atom is 0.252 e. The Bertz CT molecular complexity index is 1110. The molecule has 0 saturated carbocycles. The SMILES string of the molecule is CCOc1ccc(S(=O)(=O)N2C[C@@H](C)[C@@H](n3nc(CCO)c4ccccc43)C2)s1. The van der Waals surface area contributed by atoms with E-state index in [4.69, 9.17) is 9.84 Å². The first-order chi connectivity index (χ1) is 14.0. The van der Waals surface area contributed by atoms with Gasteiger partial charge in [-0.15, -0.1) is 0 Å². The molecule has 4 rings (SSSR count). The third-order valence-corrected chi connectivity index (χ3v) is 8.63. The van der Waals surface area contributed by atoms with Crippen LogP contribution in [0.2, 0.25) is 0 Å². The lowest BCUT2D eigenvalue weighted by atomic mass is 10.1. The lowest BCUT2D eigenvalue weighted by Gasteiger charge is -2.17. The van der Waals surface area contributed by atoms with Gasteiger partial charge in [0, 0.05) is 31.5 Å². The van der Waals surface area contributed by atoms with Crippen LogP contribution in [0.4, 0.5) is 0 Å². The molecular formula is C20H25N3O4S2. The molecule has 1 aromatic carbocycles. The number of nitrogens with zero attached hydrogens (tertiary/aromatic N) is 3. The van der Waals surface area contributed by atoms with Gasteiger partial charge in [0.15, 0.2) is 5.06 Å². The van der Waals surface area contributed by atoms with Gasteiger partial charge in [-0.2, -0.15) is 9.40 Å². The minimum absolute atomic E-state index is 0.0300. The Hall–Kier alpha value is -1.94. The maximum absolute atomic E-state index is 13.2. The predicted molar refractivity (Wildman–Crippen MR) is 113 cm³/mol. The zero-order valence-corrected chi connectivity index (χ0v) is 18.1. The normalized spacial score (nSPS) is 20.5. The van der Waals surface area contributed by atoms with Gasteiger partial charge in [0.1, 0.15) is 4.21 Å². The van der Waals surface area contributed by atoms with Crippen molar-refractivity contribution in [3.05, 3.63) is 42.1 Å². The summed E-state index contributed by atoms with van der Waals surface area (Å²) in [6.45, 7) is 5.28. The van der Waals surface area contributed by atoms with Gasteiger partial charge in [-0.1, -0.05) is 36.5 Å². The molecule has 0 bridgehead atoms. The number of sulfonamides is 1. The first-order valence-corrected chi connectivity index (χ1v) is 12.0. The Labute approximate surface area is 174 Å². The van der Waals surface area contributed by atoms with Gasteiger partial charge < -0.3 is 9.84 Å². The molecule has 1 aliphatic heterocycles. The van der Waals surface area contributed by atoms with Gasteiger partial charge in [-0.3, -0.25) is 4.68 Å². The summed E-state index contributed by atoms with van der Waals surface area (Å²) in [7, 11) is -3.58. The molecule has 2 aromatic heterocycles. The minimum atomic E-state index is -3.58. The molecule has 3 heterocycles. The predicted octanol–water partition coefficient (Wildman–Crippen LogP) is 2.91. The minimum Gasteiger partial charge on any atom is -0.484 e. The fraction of sp³-hybridized carbons (Fsp3) is 0.450. The fourth-order valence-electron chi connectivity index (χ4n) is 3.91. The Kier molecular flexibility index (Phi) is 5.65. The third kappa shape index (κ3) is 3.68. The van der Waals surface area contributed by atoms with E-state index in [9.17, 15) is 13.5 Å². The number of fused-ring (bicyclic) bond motifs is 1. The van der Waals surface area contributed by atoms with E-state index in [2.05, 4.69) is 6.92 Å². The average Bonchev–Trinajstić information content (AvgIpc) is 3.41. The van der Waals surface area contributed by atoms with Gasteiger partial charge in [0.05, 0.1) is 23.9 Å². The van der Waals surface area contributed by atoms with Crippen molar-refractivity contribution in [3.63, 3.8) is 0 Å². The summed E-state index contributed by atoms with van der Waals surface area (Å²) in [5.74, 6) is 0.112. The smallest absolute Gasteiger partial charge is 0.252 e. The zero-order valence-electron chi connectivity index (χ0n) is 16.5. The van der Waals surface area contributed by atoms with E-state index in [1.165, 1.54) is 0 Å². The summed E-state index contributed by atoms with van der Waals surface area (Å²) in [4.78, 5) is 0. The van der Waals surface area contributed by atoms with Gasteiger partial charge in [0.25, 0.3) is 10.0 Å². The van der Waals surface area contributed by atoms with Crippen molar-refractivity contribution in [3.8, 4) is 5.06 Å². The molecule has 1 N–H and O–H groups in total. The molecule has 1 fully saturated rings. The summed E-state index contributed by atoms with van der Waals surface area (Å²) in [6, 6.07) is 11.2. The first kappa shape index (κ1) is 20.3. The molecular weight excluding hydrogens is 410 g/mol. The maximum atomic E-state index is 13.2. The van der Waals surface area contributed by atoms with Crippen LogP contribution in [-0.4, -0.2) is 53.9 Å². The van der Waals surface area contributed by atoms with Crippen molar-refractivity contribution < 1.29 is 18.3 Å². The molecule has 2 atom stereocenters. The van der Waals surface area contributed by atoms with Crippen molar-refractivity contribution in [2.24, 2.45) is 5.92 Å². The second-order valence-electron chi connectivity index (χ2n) is 7.26. The van der Waals surface area contributed by atoms with Crippen LogP contribution >= 0.6 is 11.3 Å². The third-order valence-electron chi connectivity index (χ3n) is 5.33. The molecule has 0 amide bonds. The summed E-state index contributed by atoms with van der Waals surface area (Å²) < 4.78 is 35.6. The Balaban J connectivity index is 1.64. The highest BCUT2D eigenvalue weighted by molar-refractivity contribution is 7.91. The van der Waals surface area contributed by atoms with Crippen LogP contribution in [0.1, 0.15) is 25.6 Å².